The second kappa shape index (κ2) is 8.27. The first-order valence-corrected chi connectivity index (χ1v) is 5.27. The van der Waals surface area contributed by atoms with Gasteiger partial charge < -0.3 is 5.32 Å². The van der Waals surface area contributed by atoms with Gasteiger partial charge in [0.15, 0.2) is 0 Å². The number of allylic oxidation sites excluding steroid dienone is 1. The fraction of sp³-hybridized carbons (Fsp3) is 0.818. The standard InChI is InChI=1S/C11H24N2/c1-5-12-8-10-13(6-2)9-7-11(3)4/h7,12H,5-6,8-10H2,1-4H3. The average Bonchev–Trinajstić information content (AvgIpc) is 2.10. The molecule has 1 N–H and O–H groups in total. The van der Waals surface area contributed by atoms with Crippen LogP contribution in [-0.2, 0) is 0 Å². The van der Waals surface area contributed by atoms with Crippen LogP contribution >= 0.6 is 0 Å². The molecule has 0 unspecified atom stereocenters. The van der Waals surface area contributed by atoms with E-state index in [9.17, 15) is 0 Å². The van der Waals surface area contributed by atoms with Gasteiger partial charge in [0.05, 0.1) is 0 Å². The Labute approximate surface area is 83.0 Å². The Balaban J connectivity index is 3.57. The maximum Gasteiger partial charge on any atom is 0.0166 e. The van der Waals surface area contributed by atoms with Crippen molar-refractivity contribution in [2.75, 3.05) is 32.7 Å². The molecular weight excluding hydrogens is 160 g/mol. The minimum absolute atomic E-state index is 1.07. The highest BCUT2D eigenvalue weighted by Gasteiger charge is 1.97. The van der Waals surface area contributed by atoms with Gasteiger partial charge >= 0.3 is 0 Å². The highest BCUT2D eigenvalue weighted by molar-refractivity contribution is 4.94. The molecule has 0 saturated carbocycles. The summed E-state index contributed by atoms with van der Waals surface area (Å²) in [7, 11) is 0. The quantitative estimate of drug-likeness (QED) is 0.480. The Morgan fingerprint density at radius 3 is 2.46 bits per heavy atom. The van der Waals surface area contributed by atoms with Crippen molar-refractivity contribution in [3.8, 4) is 0 Å². The molecule has 78 valence electrons. The molecule has 0 spiro atoms. The van der Waals surface area contributed by atoms with E-state index in [0.717, 1.165) is 32.7 Å². The fourth-order valence-electron chi connectivity index (χ4n) is 1.10. The van der Waals surface area contributed by atoms with Crippen LogP contribution in [0.1, 0.15) is 27.7 Å². The van der Waals surface area contributed by atoms with E-state index in [-0.39, 0.29) is 0 Å². The first kappa shape index (κ1) is 12.7. The SMILES string of the molecule is CCNCCN(CC)CC=C(C)C. The van der Waals surface area contributed by atoms with E-state index in [1.807, 2.05) is 0 Å². The number of nitrogens with one attached hydrogen (secondary N) is 1. The van der Waals surface area contributed by atoms with Gasteiger partial charge in [0.1, 0.15) is 0 Å². The number of rotatable bonds is 7. The van der Waals surface area contributed by atoms with Gasteiger partial charge in [-0.05, 0) is 26.9 Å². The van der Waals surface area contributed by atoms with Crippen LogP contribution in [0.2, 0.25) is 0 Å². The van der Waals surface area contributed by atoms with Gasteiger partial charge in [0.25, 0.3) is 0 Å². The monoisotopic (exact) mass is 184 g/mol. The Morgan fingerprint density at radius 1 is 1.31 bits per heavy atom. The predicted octanol–water partition coefficient (Wildman–Crippen LogP) is 1.88. The van der Waals surface area contributed by atoms with E-state index in [2.05, 4.69) is 44.0 Å². The molecule has 0 aliphatic heterocycles. The lowest BCUT2D eigenvalue weighted by Gasteiger charge is -2.18. The number of nitrogens with zero attached hydrogens (tertiary/aromatic N) is 1. The molecule has 2 heteroatoms. The Bertz CT molecular complexity index is 137. The molecule has 0 aromatic carbocycles. The molecule has 0 fully saturated rings. The van der Waals surface area contributed by atoms with Crippen molar-refractivity contribution >= 4 is 0 Å². The third-order valence-electron chi connectivity index (χ3n) is 2.06. The second-order valence-electron chi connectivity index (χ2n) is 3.53. The molecule has 0 aromatic heterocycles. The zero-order valence-electron chi connectivity index (χ0n) is 9.56. The van der Waals surface area contributed by atoms with Crippen LogP contribution in [-0.4, -0.2) is 37.6 Å². The zero-order valence-corrected chi connectivity index (χ0v) is 9.56. The molecule has 13 heavy (non-hydrogen) atoms. The molecular formula is C11H24N2. The molecule has 0 aliphatic carbocycles. The largest absolute Gasteiger partial charge is 0.316 e. The molecule has 0 atom stereocenters. The van der Waals surface area contributed by atoms with E-state index in [0.29, 0.717) is 0 Å². The smallest absolute Gasteiger partial charge is 0.0166 e. The summed E-state index contributed by atoms with van der Waals surface area (Å²) in [4.78, 5) is 2.44. The maximum absolute atomic E-state index is 3.34. The molecule has 0 saturated heterocycles. The minimum Gasteiger partial charge on any atom is -0.316 e. The van der Waals surface area contributed by atoms with Crippen molar-refractivity contribution in [3.05, 3.63) is 11.6 Å². The van der Waals surface area contributed by atoms with E-state index in [4.69, 9.17) is 0 Å². The first-order chi connectivity index (χ1) is 6.20. The van der Waals surface area contributed by atoms with Crippen LogP contribution in [0.25, 0.3) is 0 Å². The molecule has 0 radical (unpaired) electrons. The van der Waals surface area contributed by atoms with Crippen LogP contribution in [0.4, 0.5) is 0 Å². The number of likely N-dealkylation sites (N-methyl/N-ethyl adjacent to an activating group) is 2. The average molecular weight is 184 g/mol. The van der Waals surface area contributed by atoms with Gasteiger partial charge in [0, 0.05) is 19.6 Å². The van der Waals surface area contributed by atoms with E-state index >= 15 is 0 Å². The molecule has 0 bridgehead atoms. The van der Waals surface area contributed by atoms with Gasteiger partial charge in [0.2, 0.25) is 0 Å². The summed E-state index contributed by atoms with van der Waals surface area (Å²) in [6.07, 6.45) is 2.29. The normalized spacial score (nSPS) is 10.5. The van der Waals surface area contributed by atoms with Gasteiger partial charge in [-0.1, -0.05) is 25.5 Å². The van der Waals surface area contributed by atoms with Gasteiger partial charge in [-0.3, -0.25) is 4.90 Å². The lowest BCUT2D eigenvalue weighted by molar-refractivity contribution is 0.317. The topological polar surface area (TPSA) is 15.3 Å². The molecule has 2 nitrogen and oxygen atoms in total. The molecule has 0 aromatic rings. The number of hydrogen-bond acceptors (Lipinski definition) is 2. The van der Waals surface area contributed by atoms with Crippen molar-refractivity contribution in [3.63, 3.8) is 0 Å². The van der Waals surface area contributed by atoms with Gasteiger partial charge in [-0.25, -0.2) is 0 Å². The zero-order chi connectivity index (χ0) is 10.1. The van der Waals surface area contributed by atoms with Crippen LogP contribution in [0.15, 0.2) is 11.6 Å². The molecule has 0 aliphatic rings. The highest BCUT2D eigenvalue weighted by atomic mass is 15.1. The van der Waals surface area contributed by atoms with E-state index < -0.39 is 0 Å². The van der Waals surface area contributed by atoms with Gasteiger partial charge in [-0.15, -0.1) is 0 Å². The summed E-state index contributed by atoms with van der Waals surface area (Å²) >= 11 is 0. The second-order valence-corrected chi connectivity index (χ2v) is 3.53. The van der Waals surface area contributed by atoms with Crippen LogP contribution < -0.4 is 5.32 Å². The van der Waals surface area contributed by atoms with E-state index in [1.165, 1.54) is 5.57 Å². The predicted molar refractivity (Wildman–Crippen MR) is 60.1 cm³/mol. The lowest BCUT2D eigenvalue weighted by atomic mass is 10.3. The van der Waals surface area contributed by atoms with Crippen LogP contribution in [0.3, 0.4) is 0 Å². The van der Waals surface area contributed by atoms with Crippen molar-refractivity contribution in [2.45, 2.75) is 27.7 Å². The van der Waals surface area contributed by atoms with Crippen molar-refractivity contribution in [2.24, 2.45) is 0 Å². The van der Waals surface area contributed by atoms with Crippen LogP contribution in [0, 0.1) is 0 Å². The third kappa shape index (κ3) is 8.00. The molecule has 0 rings (SSSR count). The summed E-state index contributed by atoms with van der Waals surface area (Å²) in [6, 6.07) is 0. The summed E-state index contributed by atoms with van der Waals surface area (Å²) in [5.74, 6) is 0. The number of hydrogen-bond donors (Lipinski definition) is 1. The van der Waals surface area contributed by atoms with Crippen molar-refractivity contribution < 1.29 is 0 Å². The fourth-order valence-corrected chi connectivity index (χ4v) is 1.10. The van der Waals surface area contributed by atoms with Crippen molar-refractivity contribution in [1.82, 2.24) is 10.2 Å². The Kier molecular flexibility index (Phi) is 8.05. The van der Waals surface area contributed by atoms with E-state index in [1.54, 1.807) is 0 Å². The van der Waals surface area contributed by atoms with Gasteiger partial charge in [-0.2, -0.15) is 0 Å². The highest BCUT2D eigenvalue weighted by Crippen LogP contribution is 1.92. The van der Waals surface area contributed by atoms with Crippen LogP contribution in [0.5, 0.6) is 0 Å². The maximum atomic E-state index is 3.34. The Hall–Kier alpha value is -0.340. The summed E-state index contributed by atoms with van der Waals surface area (Å²) < 4.78 is 0. The lowest BCUT2D eigenvalue weighted by Crippen LogP contribution is -2.32. The molecule has 0 amide bonds. The minimum atomic E-state index is 1.07. The molecule has 0 heterocycles. The van der Waals surface area contributed by atoms with Crippen molar-refractivity contribution in [1.29, 1.82) is 0 Å². The summed E-state index contributed by atoms with van der Waals surface area (Å²) in [5.41, 5.74) is 1.40. The summed E-state index contributed by atoms with van der Waals surface area (Å²) in [5, 5.41) is 3.34. The first-order valence-electron chi connectivity index (χ1n) is 5.27. The third-order valence-corrected chi connectivity index (χ3v) is 2.06. The summed E-state index contributed by atoms with van der Waals surface area (Å²) in [6.45, 7) is 14.2. The Morgan fingerprint density at radius 2 is 2.00 bits per heavy atom.